The van der Waals surface area contributed by atoms with Crippen molar-refractivity contribution in [2.24, 2.45) is 0 Å². The van der Waals surface area contributed by atoms with Crippen molar-refractivity contribution in [3.63, 3.8) is 0 Å². The minimum absolute atomic E-state index is 0.200. The molecular formula is C12H9Cl2N. The van der Waals surface area contributed by atoms with E-state index in [1.54, 1.807) is 12.2 Å². The summed E-state index contributed by atoms with van der Waals surface area (Å²) in [5.74, 6) is 0.200. The Bertz CT molecular complexity index is 413. The van der Waals surface area contributed by atoms with E-state index in [2.05, 4.69) is 0 Å². The molecule has 0 unspecified atom stereocenters. The van der Waals surface area contributed by atoms with Crippen molar-refractivity contribution in [3.8, 4) is 6.07 Å². The smallest absolute Gasteiger partial charge is 0.0959 e. The number of nitrogens with zero attached hydrogens (tertiary/aromatic N) is 1. The molecule has 1 aromatic rings. The lowest BCUT2D eigenvalue weighted by molar-refractivity contribution is 1.45. The third-order valence-corrected chi connectivity index (χ3v) is 2.40. The van der Waals surface area contributed by atoms with Gasteiger partial charge in [0.15, 0.2) is 0 Å². The van der Waals surface area contributed by atoms with Crippen LogP contribution >= 0.6 is 23.2 Å². The van der Waals surface area contributed by atoms with Gasteiger partial charge in [-0.15, -0.1) is 11.6 Å². The van der Waals surface area contributed by atoms with Crippen LogP contribution in [0.5, 0.6) is 0 Å². The molecule has 0 spiro atoms. The molecule has 0 N–H and O–H groups in total. The maximum Gasteiger partial charge on any atom is 0.0959 e. The summed E-state index contributed by atoms with van der Waals surface area (Å²) >= 11 is 11.6. The molecule has 0 atom stereocenters. The summed E-state index contributed by atoms with van der Waals surface area (Å²) in [5.41, 5.74) is 1.41. The Morgan fingerprint density at radius 2 is 1.93 bits per heavy atom. The highest BCUT2D eigenvalue weighted by atomic mass is 35.5. The second-order valence-corrected chi connectivity index (χ2v) is 3.49. The highest BCUT2D eigenvalue weighted by molar-refractivity contribution is 6.48. The standard InChI is InChI=1S/C12H9Cl2N/c13-8-10(9-15)6-7-12(14)11-4-2-1-3-5-11/h1-7H,8H2. The molecule has 0 amide bonds. The monoisotopic (exact) mass is 237 g/mol. The van der Waals surface area contributed by atoms with Gasteiger partial charge in [0.25, 0.3) is 0 Å². The fourth-order valence-corrected chi connectivity index (χ4v) is 1.32. The van der Waals surface area contributed by atoms with Crippen LogP contribution < -0.4 is 0 Å². The van der Waals surface area contributed by atoms with Gasteiger partial charge in [0.05, 0.1) is 11.9 Å². The van der Waals surface area contributed by atoms with E-state index in [1.807, 2.05) is 36.4 Å². The third-order valence-electron chi connectivity index (χ3n) is 1.77. The number of hydrogen-bond donors (Lipinski definition) is 0. The molecular weight excluding hydrogens is 229 g/mol. The van der Waals surface area contributed by atoms with E-state index in [9.17, 15) is 0 Å². The van der Waals surface area contributed by atoms with Gasteiger partial charge in [-0.3, -0.25) is 0 Å². The van der Waals surface area contributed by atoms with E-state index >= 15 is 0 Å². The topological polar surface area (TPSA) is 23.8 Å². The van der Waals surface area contributed by atoms with E-state index < -0.39 is 0 Å². The summed E-state index contributed by atoms with van der Waals surface area (Å²) in [6, 6.07) is 11.5. The predicted molar refractivity (Wildman–Crippen MR) is 64.7 cm³/mol. The van der Waals surface area contributed by atoms with E-state index in [-0.39, 0.29) is 5.88 Å². The van der Waals surface area contributed by atoms with Crippen LogP contribution in [0.25, 0.3) is 5.03 Å². The van der Waals surface area contributed by atoms with Gasteiger partial charge in [0, 0.05) is 10.6 Å². The van der Waals surface area contributed by atoms with Crippen LogP contribution in [0.1, 0.15) is 5.56 Å². The second-order valence-electron chi connectivity index (χ2n) is 2.82. The van der Waals surface area contributed by atoms with Crippen molar-refractivity contribution < 1.29 is 0 Å². The van der Waals surface area contributed by atoms with Gasteiger partial charge in [-0.05, 0) is 17.7 Å². The fourth-order valence-electron chi connectivity index (χ4n) is 0.979. The minimum Gasteiger partial charge on any atom is -0.193 e. The summed E-state index contributed by atoms with van der Waals surface area (Å²) < 4.78 is 0. The normalized spacial score (nSPS) is 12.3. The zero-order chi connectivity index (χ0) is 11.1. The lowest BCUT2D eigenvalue weighted by Crippen LogP contribution is -1.79. The highest BCUT2D eigenvalue weighted by Gasteiger charge is 1.95. The van der Waals surface area contributed by atoms with Crippen LogP contribution in [0.15, 0.2) is 48.1 Å². The first-order valence-corrected chi connectivity index (χ1v) is 5.27. The maximum atomic E-state index is 8.63. The Morgan fingerprint density at radius 3 is 2.47 bits per heavy atom. The van der Waals surface area contributed by atoms with Crippen LogP contribution in [0, 0.1) is 11.3 Å². The summed E-state index contributed by atoms with van der Waals surface area (Å²) in [5, 5.41) is 9.23. The Balaban J connectivity index is 2.87. The Hall–Kier alpha value is -1.23. The first kappa shape index (κ1) is 11.8. The Morgan fingerprint density at radius 1 is 1.27 bits per heavy atom. The molecule has 0 bridgehead atoms. The molecule has 15 heavy (non-hydrogen) atoms. The summed E-state index contributed by atoms with van der Waals surface area (Å²) in [7, 11) is 0. The van der Waals surface area contributed by atoms with Crippen LogP contribution in [0.2, 0.25) is 0 Å². The highest BCUT2D eigenvalue weighted by Crippen LogP contribution is 2.18. The van der Waals surface area contributed by atoms with Gasteiger partial charge in [-0.2, -0.15) is 5.26 Å². The Kier molecular flexibility index (Phi) is 4.97. The molecule has 1 rings (SSSR count). The number of allylic oxidation sites excluding steroid dienone is 3. The van der Waals surface area contributed by atoms with Crippen LogP contribution in [-0.2, 0) is 0 Å². The molecule has 1 aromatic carbocycles. The molecule has 0 aromatic heterocycles. The summed E-state index contributed by atoms with van der Waals surface area (Å²) in [6.07, 6.45) is 3.31. The van der Waals surface area contributed by atoms with Crippen molar-refractivity contribution in [1.82, 2.24) is 0 Å². The zero-order valence-electron chi connectivity index (χ0n) is 7.95. The SMILES string of the molecule is N#CC(=CC=C(Cl)c1ccccc1)CCl. The molecule has 0 aliphatic rings. The van der Waals surface area contributed by atoms with Crippen molar-refractivity contribution in [3.05, 3.63) is 53.6 Å². The minimum atomic E-state index is 0.200. The van der Waals surface area contributed by atoms with Gasteiger partial charge in [-0.25, -0.2) is 0 Å². The van der Waals surface area contributed by atoms with E-state index in [4.69, 9.17) is 28.5 Å². The van der Waals surface area contributed by atoms with Gasteiger partial charge in [0.2, 0.25) is 0 Å². The largest absolute Gasteiger partial charge is 0.193 e. The quantitative estimate of drug-likeness (QED) is 0.444. The molecule has 0 fully saturated rings. The molecule has 0 saturated heterocycles. The second kappa shape index (κ2) is 6.29. The Labute approximate surface area is 99.2 Å². The molecule has 0 heterocycles. The summed E-state index contributed by atoms with van der Waals surface area (Å²) in [6.45, 7) is 0. The molecule has 0 saturated carbocycles. The first-order chi connectivity index (χ1) is 7.27. The number of nitriles is 1. The van der Waals surface area contributed by atoms with Gasteiger partial charge >= 0.3 is 0 Å². The van der Waals surface area contributed by atoms with E-state index in [0.717, 1.165) is 5.56 Å². The molecule has 76 valence electrons. The van der Waals surface area contributed by atoms with Crippen molar-refractivity contribution in [2.45, 2.75) is 0 Å². The predicted octanol–water partition coefficient (Wildman–Crippen LogP) is 3.96. The number of halogens is 2. The van der Waals surface area contributed by atoms with Crippen LogP contribution in [-0.4, -0.2) is 5.88 Å². The number of alkyl halides is 1. The molecule has 0 aliphatic carbocycles. The fraction of sp³-hybridized carbons (Fsp3) is 0.0833. The molecule has 0 radical (unpaired) electrons. The molecule has 1 nitrogen and oxygen atoms in total. The number of rotatable bonds is 3. The van der Waals surface area contributed by atoms with Crippen molar-refractivity contribution in [1.29, 1.82) is 5.26 Å². The summed E-state index contributed by atoms with van der Waals surface area (Å²) in [4.78, 5) is 0. The van der Waals surface area contributed by atoms with Crippen molar-refractivity contribution in [2.75, 3.05) is 5.88 Å². The van der Waals surface area contributed by atoms with Crippen LogP contribution in [0.3, 0.4) is 0 Å². The lowest BCUT2D eigenvalue weighted by atomic mass is 10.2. The van der Waals surface area contributed by atoms with Gasteiger partial charge in [0.1, 0.15) is 0 Å². The number of hydrogen-bond acceptors (Lipinski definition) is 1. The first-order valence-electron chi connectivity index (χ1n) is 4.35. The van der Waals surface area contributed by atoms with Gasteiger partial charge in [-0.1, -0.05) is 41.9 Å². The average molecular weight is 238 g/mol. The third kappa shape index (κ3) is 3.79. The van der Waals surface area contributed by atoms with Crippen LogP contribution in [0.4, 0.5) is 0 Å². The lowest BCUT2D eigenvalue weighted by Gasteiger charge is -1.96. The van der Waals surface area contributed by atoms with E-state index in [0.29, 0.717) is 10.6 Å². The number of benzene rings is 1. The zero-order valence-corrected chi connectivity index (χ0v) is 9.46. The maximum absolute atomic E-state index is 8.63. The molecule has 3 heteroatoms. The van der Waals surface area contributed by atoms with E-state index in [1.165, 1.54) is 0 Å². The van der Waals surface area contributed by atoms with Crippen molar-refractivity contribution >= 4 is 28.2 Å². The average Bonchev–Trinajstić information content (AvgIpc) is 2.31. The molecule has 0 aliphatic heterocycles. The van der Waals surface area contributed by atoms with Gasteiger partial charge < -0.3 is 0 Å².